The smallest absolute Gasteiger partial charge is 0.143 e. The van der Waals surface area contributed by atoms with Crippen molar-refractivity contribution in [2.45, 2.75) is 0 Å². The molecule has 0 atom stereocenters. The zero-order valence-corrected chi connectivity index (χ0v) is 29.4. The number of hydrogen-bond donors (Lipinski definition) is 0. The van der Waals surface area contributed by atoms with Gasteiger partial charge in [0.25, 0.3) is 0 Å². The van der Waals surface area contributed by atoms with Gasteiger partial charge in [0.15, 0.2) is 0 Å². The van der Waals surface area contributed by atoms with Gasteiger partial charge < -0.3 is 9.32 Å². The van der Waals surface area contributed by atoms with Crippen molar-refractivity contribution in [1.29, 1.82) is 0 Å². The van der Waals surface area contributed by atoms with Crippen LogP contribution in [0.5, 0.6) is 0 Å². The predicted molar refractivity (Wildman–Crippen MR) is 229 cm³/mol. The summed E-state index contributed by atoms with van der Waals surface area (Å²) in [6, 6.07) is 72.3. The lowest BCUT2D eigenvalue weighted by atomic mass is 9.97. The molecule has 0 N–H and O–H groups in total. The van der Waals surface area contributed by atoms with Crippen molar-refractivity contribution in [3.63, 3.8) is 0 Å². The van der Waals surface area contributed by atoms with E-state index in [2.05, 4.69) is 199 Å². The van der Waals surface area contributed by atoms with Crippen molar-refractivity contribution < 1.29 is 4.42 Å². The van der Waals surface area contributed by atoms with Crippen LogP contribution in [0.4, 0.5) is 17.1 Å². The molecule has 0 aliphatic carbocycles. The predicted octanol–water partition coefficient (Wildman–Crippen LogP) is 15.0. The van der Waals surface area contributed by atoms with Crippen LogP contribution in [0.3, 0.4) is 0 Å². The van der Waals surface area contributed by atoms with Crippen molar-refractivity contribution in [1.82, 2.24) is 0 Å². The lowest BCUT2D eigenvalue weighted by Gasteiger charge is -2.27. The Morgan fingerprint density at radius 2 is 0.870 bits per heavy atom. The number of hydrogen-bond acceptors (Lipinski definition) is 2. The van der Waals surface area contributed by atoms with E-state index < -0.39 is 0 Å². The van der Waals surface area contributed by atoms with Crippen LogP contribution in [0.1, 0.15) is 0 Å². The van der Waals surface area contributed by atoms with Crippen LogP contribution >= 0.6 is 0 Å². The second-order valence-corrected chi connectivity index (χ2v) is 14.1. The van der Waals surface area contributed by atoms with Crippen molar-refractivity contribution in [3.8, 4) is 22.3 Å². The minimum Gasteiger partial charge on any atom is -0.455 e. The number of para-hydroxylation sites is 1. The summed E-state index contributed by atoms with van der Waals surface area (Å²) in [5.41, 5.74) is 9.89. The van der Waals surface area contributed by atoms with E-state index in [1.807, 2.05) is 6.07 Å². The van der Waals surface area contributed by atoms with E-state index in [0.29, 0.717) is 0 Å². The van der Waals surface area contributed by atoms with Crippen LogP contribution in [0.2, 0.25) is 0 Å². The fraction of sp³-hybridized carbons (Fsp3) is 0. The summed E-state index contributed by atoms with van der Waals surface area (Å²) in [5, 5.41) is 12.0. The first-order valence-electron chi connectivity index (χ1n) is 18.5. The van der Waals surface area contributed by atoms with Crippen LogP contribution in [-0.2, 0) is 0 Å². The minimum atomic E-state index is 0.897. The molecule has 0 bridgehead atoms. The normalized spacial score (nSPS) is 11.7. The highest BCUT2D eigenvalue weighted by Crippen LogP contribution is 2.45. The molecule has 1 heterocycles. The molecule has 0 amide bonds. The summed E-state index contributed by atoms with van der Waals surface area (Å²) in [4.78, 5) is 2.40. The number of nitrogens with zero attached hydrogens (tertiary/aromatic N) is 1. The Kier molecular flexibility index (Phi) is 6.90. The minimum absolute atomic E-state index is 0.897. The number of furan rings is 1. The van der Waals surface area contributed by atoms with E-state index in [1.165, 1.54) is 54.6 Å². The standard InChI is InChI=1S/C52H33NO/c1-3-13-42-35(10-1)12-9-18-44(42)37-24-29-41(30-25-37)53(50-33-49-47-16-7-8-19-51(47)54-52(49)48-17-6-5-15-46(48)50)40-27-22-34(23-28-40)38-26-31-45-39(32-38)21-20-36-11-2-4-14-43(36)45/h1-33H. The number of rotatable bonds is 5. The number of anilines is 3. The molecule has 11 aromatic rings. The lowest BCUT2D eigenvalue weighted by molar-refractivity contribution is 0.672. The van der Waals surface area contributed by atoms with Crippen LogP contribution in [0.15, 0.2) is 205 Å². The molecule has 0 fully saturated rings. The van der Waals surface area contributed by atoms with Gasteiger partial charge in [0.2, 0.25) is 0 Å². The summed E-state index contributed by atoms with van der Waals surface area (Å²) in [7, 11) is 0. The topological polar surface area (TPSA) is 16.4 Å². The molecule has 0 saturated heterocycles. The van der Waals surface area contributed by atoms with Gasteiger partial charge in [-0.05, 0) is 97.0 Å². The largest absolute Gasteiger partial charge is 0.455 e. The van der Waals surface area contributed by atoms with Gasteiger partial charge in [-0.25, -0.2) is 0 Å². The lowest BCUT2D eigenvalue weighted by Crippen LogP contribution is -2.10. The van der Waals surface area contributed by atoms with E-state index in [0.717, 1.165) is 49.8 Å². The highest BCUT2D eigenvalue weighted by atomic mass is 16.3. The Balaban J connectivity index is 1.08. The van der Waals surface area contributed by atoms with Crippen LogP contribution < -0.4 is 4.90 Å². The first-order valence-corrected chi connectivity index (χ1v) is 18.5. The van der Waals surface area contributed by atoms with E-state index in [-0.39, 0.29) is 0 Å². The molecule has 11 rings (SSSR count). The van der Waals surface area contributed by atoms with E-state index in [4.69, 9.17) is 4.42 Å². The quantitative estimate of drug-likeness (QED) is 0.168. The monoisotopic (exact) mass is 687 g/mol. The van der Waals surface area contributed by atoms with Gasteiger partial charge in [-0.3, -0.25) is 0 Å². The first kappa shape index (κ1) is 30.5. The molecule has 0 spiro atoms. The van der Waals surface area contributed by atoms with Gasteiger partial charge in [-0.2, -0.15) is 0 Å². The molecule has 1 aromatic heterocycles. The van der Waals surface area contributed by atoms with Gasteiger partial charge in [0, 0.05) is 32.9 Å². The molecule has 2 nitrogen and oxygen atoms in total. The Hall–Kier alpha value is -7.16. The summed E-state index contributed by atoms with van der Waals surface area (Å²) in [6.45, 7) is 0. The van der Waals surface area contributed by atoms with Crippen molar-refractivity contribution >= 4 is 82.1 Å². The van der Waals surface area contributed by atoms with E-state index in [1.54, 1.807) is 0 Å². The van der Waals surface area contributed by atoms with Crippen molar-refractivity contribution in [2.75, 3.05) is 4.90 Å². The average Bonchev–Trinajstić information content (AvgIpc) is 3.63. The molecule has 10 aromatic carbocycles. The zero-order chi connectivity index (χ0) is 35.6. The van der Waals surface area contributed by atoms with Gasteiger partial charge in [-0.15, -0.1) is 0 Å². The molecule has 2 heteroatoms. The maximum atomic E-state index is 6.51. The third-order valence-electron chi connectivity index (χ3n) is 11.0. The third-order valence-corrected chi connectivity index (χ3v) is 11.0. The Labute approximate surface area is 312 Å². The second-order valence-electron chi connectivity index (χ2n) is 14.1. The number of benzene rings is 10. The summed E-state index contributed by atoms with van der Waals surface area (Å²) >= 11 is 0. The Morgan fingerprint density at radius 1 is 0.315 bits per heavy atom. The summed E-state index contributed by atoms with van der Waals surface area (Å²) in [5.74, 6) is 0. The fourth-order valence-electron chi connectivity index (χ4n) is 8.40. The van der Waals surface area contributed by atoms with E-state index in [9.17, 15) is 0 Å². The molecule has 0 aliphatic rings. The third kappa shape index (κ3) is 4.88. The summed E-state index contributed by atoms with van der Waals surface area (Å²) < 4.78 is 6.51. The maximum absolute atomic E-state index is 6.51. The summed E-state index contributed by atoms with van der Waals surface area (Å²) in [6.07, 6.45) is 0. The molecule has 0 unspecified atom stereocenters. The SMILES string of the molecule is c1ccc2c(-c3ccc(N(c4ccc(-c5ccc6c(ccc7ccccc76)c5)cc4)c4cc5c6ccccc6oc5c5ccccc45)cc3)cccc2c1. The van der Waals surface area contributed by atoms with Gasteiger partial charge in [0.05, 0.1) is 5.69 Å². The van der Waals surface area contributed by atoms with Crippen LogP contribution in [0, 0.1) is 0 Å². The molecule has 252 valence electrons. The fourth-order valence-corrected chi connectivity index (χ4v) is 8.40. The zero-order valence-electron chi connectivity index (χ0n) is 29.4. The Bertz CT molecular complexity index is 3200. The van der Waals surface area contributed by atoms with Gasteiger partial charge >= 0.3 is 0 Å². The molecule has 0 radical (unpaired) electrons. The second kappa shape index (κ2) is 12.2. The molecular formula is C52H33NO. The van der Waals surface area contributed by atoms with Gasteiger partial charge in [0.1, 0.15) is 11.2 Å². The highest BCUT2D eigenvalue weighted by molar-refractivity contribution is 6.19. The molecule has 54 heavy (non-hydrogen) atoms. The molecule has 0 saturated carbocycles. The van der Waals surface area contributed by atoms with Gasteiger partial charge in [-0.1, -0.05) is 158 Å². The Morgan fingerprint density at radius 3 is 1.65 bits per heavy atom. The molecule has 0 aliphatic heterocycles. The number of fused-ring (bicyclic) bond motifs is 9. The van der Waals surface area contributed by atoms with Crippen molar-refractivity contribution in [2.24, 2.45) is 0 Å². The molecular weight excluding hydrogens is 655 g/mol. The maximum Gasteiger partial charge on any atom is 0.143 e. The average molecular weight is 688 g/mol. The first-order chi connectivity index (χ1) is 26.8. The van der Waals surface area contributed by atoms with Crippen LogP contribution in [-0.4, -0.2) is 0 Å². The van der Waals surface area contributed by atoms with E-state index >= 15 is 0 Å². The van der Waals surface area contributed by atoms with Crippen molar-refractivity contribution in [3.05, 3.63) is 200 Å². The highest BCUT2D eigenvalue weighted by Gasteiger charge is 2.20. The van der Waals surface area contributed by atoms with Crippen LogP contribution in [0.25, 0.3) is 87.3 Å².